The van der Waals surface area contributed by atoms with Gasteiger partial charge in [-0.25, -0.2) is 9.38 Å². The van der Waals surface area contributed by atoms with Crippen molar-refractivity contribution in [3.8, 4) is 0 Å². The highest BCUT2D eigenvalue weighted by atomic mass is 32.2. The Morgan fingerprint density at radius 1 is 1.25 bits per heavy atom. The minimum Gasteiger partial charge on any atom is -0.545 e. The molecule has 0 aromatic heterocycles. The molecule has 1 atom stereocenters. The number of aliphatic imine (C=N–C) groups is 1. The fraction of sp³-hybridized carbons (Fsp3) is 0.158. The Balaban J connectivity index is 1.64. The predicted octanol–water partition coefficient (Wildman–Crippen LogP) is 1.78. The zero-order valence-corrected chi connectivity index (χ0v) is 15.5. The summed E-state index contributed by atoms with van der Waals surface area (Å²) in [6, 6.07) is 11.2. The number of amides is 2. The van der Waals surface area contributed by atoms with E-state index in [2.05, 4.69) is 10.3 Å². The summed E-state index contributed by atoms with van der Waals surface area (Å²) in [5, 5.41) is 13.1. The van der Waals surface area contributed by atoms with E-state index in [-0.39, 0.29) is 17.9 Å². The van der Waals surface area contributed by atoms with E-state index < -0.39 is 22.9 Å². The highest BCUT2D eigenvalue weighted by Crippen LogP contribution is 2.30. The summed E-state index contributed by atoms with van der Waals surface area (Å²) in [5.41, 5.74) is 0.784. The maximum atomic E-state index is 13.3. The lowest BCUT2D eigenvalue weighted by Crippen LogP contribution is -2.30. The van der Waals surface area contributed by atoms with Gasteiger partial charge in [0.25, 0.3) is 0 Å². The molecule has 0 saturated carbocycles. The van der Waals surface area contributed by atoms with Crippen LogP contribution in [0, 0.1) is 5.82 Å². The first kappa shape index (κ1) is 19.6. The summed E-state index contributed by atoms with van der Waals surface area (Å²) in [4.78, 5) is 41.0. The first-order chi connectivity index (χ1) is 13.3. The van der Waals surface area contributed by atoms with Crippen LogP contribution in [0.25, 0.3) is 0 Å². The van der Waals surface area contributed by atoms with E-state index in [1.54, 1.807) is 13.1 Å². The van der Waals surface area contributed by atoms with Gasteiger partial charge in [0.2, 0.25) is 11.8 Å². The van der Waals surface area contributed by atoms with E-state index in [0.717, 1.165) is 11.8 Å². The largest absolute Gasteiger partial charge is 0.545 e. The van der Waals surface area contributed by atoms with Crippen molar-refractivity contribution >= 4 is 46.1 Å². The Bertz CT molecular complexity index is 962. The summed E-state index contributed by atoms with van der Waals surface area (Å²) >= 11 is 1.13. The van der Waals surface area contributed by atoms with Gasteiger partial charge in [-0.2, -0.15) is 0 Å². The Labute approximate surface area is 164 Å². The highest BCUT2D eigenvalue weighted by molar-refractivity contribution is 8.15. The number of carbonyl (C=O) groups excluding carboxylic acids is 3. The molecule has 2 aromatic carbocycles. The normalized spacial score (nSPS) is 17.8. The second kappa shape index (κ2) is 8.22. The second-order valence-electron chi connectivity index (χ2n) is 6.00. The molecule has 2 aromatic rings. The maximum Gasteiger partial charge on any atom is 0.242 e. The number of halogens is 1. The second-order valence-corrected chi connectivity index (χ2v) is 7.16. The number of rotatable bonds is 5. The van der Waals surface area contributed by atoms with Crippen LogP contribution in [-0.4, -0.2) is 40.1 Å². The SMILES string of the molecule is CN1C(=O)[C@H](CC(=O)Nc2ccc(C(=O)[O-])cc2)SC1=Nc1cccc(F)c1. The van der Waals surface area contributed by atoms with Crippen molar-refractivity contribution in [1.29, 1.82) is 0 Å². The van der Waals surface area contributed by atoms with E-state index in [1.165, 1.54) is 47.4 Å². The number of carboxylic acids is 1. The van der Waals surface area contributed by atoms with Gasteiger partial charge in [-0.05, 0) is 35.9 Å². The molecule has 7 nitrogen and oxygen atoms in total. The number of carbonyl (C=O) groups is 3. The Hall–Kier alpha value is -3.20. The van der Waals surface area contributed by atoms with Gasteiger partial charge in [0.05, 0.1) is 11.7 Å². The van der Waals surface area contributed by atoms with Gasteiger partial charge in [-0.3, -0.25) is 14.5 Å². The van der Waals surface area contributed by atoms with Crippen molar-refractivity contribution in [3.63, 3.8) is 0 Å². The maximum absolute atomic E-state index is 13.3. The molecule has 1 aliphatic rings. The minimum absolute atomic E-state index is 0.000600. The van der Waals surface area contributed by atoms with Crippen molar-refractivity contribution in [2.75, 3.05) is 12.4 Å². The smallest absolute Gasteiger partial charge is 0.242 e. The number of anilines is 1. The van der Waals surface area contributed by atoms with Crippen LogP contribution in [-0.2, 0) is 9.59 Å². The zero-order valence-electron chi connectivity index (χ0n) is 14.7. The summed E-state index contributed by atoms with van der Waals surface area (Å²) in [7, 11) is 1.55. The molecular weight excluding hydrogens is 385 g/mol. The number of hydrogen-bond acceptors (Lipinski definition) is 6. The Morgan fingerprint density at radius 2 is 1.96 bits per heavy atom. The van der Waals surface area contributed by atoms with Gasteiger partial charge in [-0.15, -0.1) is 0 Å². The molecule has 1 N–H and O–H groups in total. The standard InChI is InChI=1S/C19H16FN3O4S/c1-23-17(25)15(28-19(23)22-14-4-2-3-12(20)9-14)10-16(24)21-13-7-5-11(6-8-13)18(26)27/h2-9,15H,10H2,1H3,(H,21,24)(H,26,27)/p-1/t15-/m0/s1. The third kappa shape index (κ3) is 4.55. The number of aromatic carboxylic acids is 1. The third-order valence-electron chi connectivity index (χ3n) is 3.95. The van der Waals surface area contributed by atoms with E-state index in [9.17, 15) is 23.9 Å². The van der Waals surface area contributed by atoms with Gasteiger partial charge in [-0.1, -0.05) is 30.0 Å². The molecule has 0 radical (unpaired) electrons. The monoisotopic (exact) mass is 400 g/mol. The average molecular weight is 400 g/mol. The number of nitrogens with one attached hydrogen (secondary N) is 1. The number of amidine groups is 1. The Kier molecular flexibility index (Phi) is 5.74. The molecule has 28 heavy (non-hydrogen) atoms. The molecule has 1 fully saturated rings. The van der Waals surface area contributed by atoms with Crippen LogP contribution < -0.4 is 10.4 Å². The van der Waals surface area contributed by atoms with Crippen molar-refractivity contribution < 1.29 is 23.9 Å². The minimum atomic E-state index is -1.31. The van der Waals surface area contributed by atoms with Crippen LogP contribution in [0.1, 0.15) is 16.8 Å². The van der Waals surface area contributed by atoms with Gasteiger partial charge in [0, 0.05) is 19.2 Å². The van der Waals surface area contributed by atoms with Gasteiger partial charge < -0.3 is 15.2 Å². The molecule has 0 bridgehead atoms. The topological polar surface area (TPSA) is 102 Å². The molecule has 1 heterocycles. The van der Waals surface area contributed by atoms with Gasteiger partial charge >= 0.3 is 0 Å². The number of carboxylic acid groups (broad SMARTS) is 1. The quantitative estimate of drug-likeness (QED) is 0.824. The molecule has 0 unspecified atom stereocenters. The zero-order chi connectivity index (χ0) is 20.3. The summed E-state index contributed by atoms with van der Waals surface area (Å²) in [6.45, 7) is 0. The molecule has 144 valence electrons. The summed E-state index contributed by atoms with van der Waals surface area (Å²) < 4.78 is 13.3. The average Bonchev–Trinajstić information content (AvgIpc) is 2.90. The molecule has 1 saturated heterocycles. The predicted molar refractivity (Wildman–Crippen MR) is 102 cm³/mol. The summed E-state index contributed by atoms with van der Waals surface area (Å²) in [6.07, 6.45) is -0.0851. The molecular formula is C19H15FN3O4S-. The molecule has 0 spiro atoms. The lowest BCUT2D eigenvalue weighted by molar-refractivity contribution is -0.255. The van der Waals surface area contributed by atoms with Gasteiger partial charge in [0.1, 0.15) is 11.1 Å². The van der Waals surface area contributed by atoms with Crippen LogP contribution >= 0.6 is 11.8 Å². The Morgan fingerprint density at radius 3 is 2.61 bits per heavy atom. The first-order valence-electron chi connectivity index (χ1n) is 8.23. The van der Waals surface area contributed by atoms with Crippen molar-refractivity contribution in [1.82, 2.24) is 4.90 Å². The summed E-state index contributed by atoms with van der Waals surface area (Å²) in [5.74, 6) is -2.41. The number of hydrogen-bond donors (Lipinski definition) is 1. The van der Waals surface area contributed by atoms with E-state index in [4.69, 9.17) is 0 Å². The molecule has 3 rings (SSSR count). The fourth-order valence-corrected chi connectivity index (χ4v) is 3.68. The van der Waals surface area contributed by atoms with Crippen molar-refractivity contribution in [2.45, 2.75) is 11.7 Å². The molecule has 1 aliphatic heterocycles. The van der Waals surface area contributed by atoms with E-state index in [1.807, 2.05) is 0 Å². The van der Waals surface area contributed by atoms with Crippen LogP contribution in [0.2, 0.25) is 0 Å². The fourth-order valence-electron chi connectivity index (χ4n) is 2.52. The number of benzene rings is 2. The molecule has 0 aliphatic carbocycles. The van der Waals surface area contributed by atoms with Crippen LogP contribution in [0.4, 0.5) is 15.8 Å². The van der Waals surface area contributed by atoms with E-state index >= 15 is 0 Å². The van der Waals surface area contributed by atoms with Crippen LogP contribution in [0.15, 0.2) is 53.5 Å². The lowest BCUT2D eigenvalue weighted by atomic mass is 10.2. The lowest BCUT2D eigenvalue weighted by Gasteiger charge is -2.10. The first-order valence-corrected chi connectivity index (χ1v) is 9.11. The van der Waals surface area contributed by atoms with Crippen molar-refractivity contribution in [3.05, 3.63) is 59.9 Å². The van der Waals surface area contributed by atoms with Gasteiger partial charge in [0.15, 0.2) is 5.17 Å². The highest BCUT2D eigenvalue weighted by Gasteiger charge is 2.37. The van der Waals surface area contributed by atoms with Crippen LogP contribution in [0.5, 0.6) is 0 Å². The third-order valence-corrected chi connectivity index (χ3v) is 5.18. The van der Waals surface area contributed by atoms with E-state index in [0.29, 0.717) is 16.5 Å². The number of thioether (sulfide) groups is 1. The number of nitrogens with zero attached hydrogens (tertiary/aromatic N) is 2. The van der Waals surface area contributed by atoms with Crippen molar-refractivity contribution in [2.24, 2.45) is 4.99 Å². The molecule has 2 amide bonds. The molecule has 9 heteroatoms. The van der Waals surface area contributed by atoms with Crippen LogP contribution in [0.3, 0.4) is 0 Å².